The largest absolute Gasteiger partial charge is 0.488 e. The van der Waals surface area contributed by atoms with Crippen molar-refractivity contribution in [3.05, 3.63) is 29.8 Å². The second-order valence-electron chi connectivity index (χ2n) is 2.52. The van der Waals surface area contributed by atoms with Crippen LogP contribution in [-0.2, 0) is 0 Å². The van der Waals surface area contributed by atoms with Gasteiger partial charge in [0.25, 0.3) is 6.43 Å². The Morgan fingerprint density at radius 1 is 1.25 bits per heavy atom. The topological polar surface area (TPSA) is 9.23 Å². The van der Waals surface area contributed by atoms with Gasteiger partial charge in [0.15, 0.2) is 0 Å². The highest BCUT2D eigenvalue weighted by molar-refractivity contribution is 5.26. The first-order valence-electron chi connectivity index (χ1n) is 3.66. The number of alkyl halides is 2. The van der Waals surface area contributed by atoms with E-state index in [0.717, 1.165) is 5.56 Å². The second kappa shape index (κ2) is 4.04. The van der Waals surface area contributed by atoms with Crippen LogP contribution in [-0.4, -0.2) is 13.0 Å². The monoisotopic (exact) mass is 172 g/mol. The molecule has 1 rings (SSSR count). The number of halogens is 2. The van der Waals surface area contributed by atoms with Crippen LogP contribution in [0.15, 0.2) is 24.3 Å². The summed E-state index contributed by atoms with van der Waals surface area (Å²) < 4.78 is 28.1. The zero-order valence-corrected chi connectivity index (χ0v) is 6.76. The van der Waals surface area contributed by atoms with Crippen LogP contribution in [0.1, 0.15) is 5.56 Å². The van der Waals surface area contributed by atoms with E-state index in [4.69, 9.17) is 4.74 Å². The molecule has 0 unspecified atom stereocenters. The molecule has 0 spiro atoms. The number of aryl methyl sites for hydroxylation is 1. The average molecular weight is 172 g/mol. The summed E-state index contributed by atoms with van der Waals surface area (Å²) in [6.45, 7) is 1.39. The summed E-state index contributed by atoms with van der Waals surface area (Å²) in [7, 11) is 0. The number of ether oxygens (including phenoxy) is 1. The van der Waals surface area contributed by atoms with E-state index in [0.29, 0.717) is 5.75 Å². The minimum Gasteiger partial charge on any atom is -0.488 e. The molecule has 0 fully saturated rings. The quantitative estimate of drug-likeness (QED) is 0.681. The van der Waals surface area contributed by atoms with Gasteiger partial charge in [-0.05, 0) is 19.1 Å². The maximum atomic E-state index is 11.7. The molecule has 0 atom stereocenters. The van der Waals surface area contributed by atoms with Gasteiger partial charge in [-0.1, -0.05) is 17.7 Å². The maximum Gasteiger partial charge on any atom is 0.272 e. The van der Waals surface area contributed by atoms with Crippen LogP contribution in [0.5, 0.6) is 5.75 Å². The summed E-state index contributed by atoms with van der Waals surface area (Å²) in [5, 5.41) is 0. The van der Waals surface area contributed by atoms with Crippen LogP contribution in [0.25, 0.3) is 0 Å². The fourth-order valence-electron chi connectivity index (χ4n) is 0.794. The number of rotatable bonds is 3. The van der Waals surface area contributed by atoms with Gasteiger partial charge in [0.05, 0.1) is 0 Å². The van der Waals surface area contributed by atoms with E-state index >= 15 is 0 Å². The zero-order chi connectivity index (χ0) is 8.97. The SMILES string of the molecule is Cc1ccc(OCC(F)F)cc1. The van der Waals surface area contributed by atoms with Gasteiger partial charge in [-0.25, -0.2) is 8.78 Å². The fraction of sp³-hybridized carbons (Fsp3) is 0.333. The molecule has 1 nitrogen and oxygen atoms in total. The highest BCUT2D eigenvalue weighted by atomic mass is 19.3. The van der Waals surface area contributed by atoms with Crippen molar-refractivity contribution in [1.82, 2.24) is 0 Å². The Balaban J connectivity index is 2.48. The van der Waals surface area contributed by atoms with E-state index < -0.39 is 13.0 Å². The lowest BCUT2D eigenvalue weighted by Crippen LogP contribution is -2.06. The maximum absolute atomic E-state index is 11.7. The van der Waals surface area contributed by atoms with Crippen molar-refractivity contribution in [2.24, 2.45) is 0 Å². The molecule has 0 bridgehead atoms. The molecule has 1 aromatic rings. The van der Waals surface area contributed by atoms with Crippen molar-refractivity contribution < 1.29 is 13.5 Å². The van der Waals surface area contributed by atoms with Crippen molar-refractivity contribution in [2.75, 3.05) is 6.61 Å². The predicted octanol–water partition coefficient (Wildman–Crippen LogP) is 2.64. The fourth-order valence-corrected chi connectivity index (χ4v) is 0.794. The molecule has 12 heavy (non-hydrogen) atoms. The summed E-state index contributed by atoms with van der Waals surface area (Å²) in [5.41, 5.74) is 1.08. The van der Waals surface area contributed by atoms with E-state index in [-0.39, 0.29) is 0 Å². The van der Waals surface area contributed by atoms with Crippen LogP contribution >= 0.6 is 0 Å². The molecule has 0 aromatic heterocycles. The molecule has 0 radical (unpaired) electrons. The molecule has 0 heterocycles. The molecule has 0 aliphatic carbocycles. The smallest absolute Gasteiger partial charge is 0.272 e. The van der Waals surface area contributed by atoms with Crippen LogP contribution in [0, 0.1) is 6.92 Å². The third-order valence-electron chi connectivity index (χ3n) is 1.40. The minimum absolute atomic E-state index is 0.487. The Hall–Kier alpha value is -1.12. The van der Waals surface area contributed by atoms with Crippen molar-refractivity contribution in [1.29, 1.82) is 0 Å². The summed E-state index contributed by atoms with van der Waals surface area (Å²) in [4.78, 5) is 0. The third-order valence-corrected chi connectivity index (χ3v) is 1.40. The Morgan fingerprint density at radius 3 is 2.33 bits per heavy atom. The standard InChI is InChI=1S/C9H10F2O/c1-7-2-4-8(5-3-7)12-6-9(10)11/h2-5,9H,6H2,1H3. The summed E-state index contributed by atoms with van der Waals surface area (Å²) in [6, 6.07) is 7.00. The third kappa shape index (κ3) is 2.86. The van der Waals surface area contributed by atoms with Gasteiger partial charge in [-0.3, -0.25) is 0 Å². The predicted molar refractivity (Wildman–Crippen MR) is 42.7 cm³/mol. The average Bonchev–Trinajstić information content (AvgIpc) is 2.03. The lowest BCUT2D eigenvalue weighted by atomic mass is 10.2. The molecule has 0 N–H and O–H groups in total. The van der Waals surface area contributed by atoms with Gasteiger partial charge in [-0.2, -0.15) is 0 Å². The highest BCUT2D eigenvalue weighted by Crippen LogP contribution is 2.11. The summed E-state index contributed by atoms with van der Waals surface area (Å²) in [6.07, 6.45) is -2.41. The van der Waals surface area contributed by atoms with Crippen LogP contribution < -0.4 is 4.74 Å². The van der Waals surface area contributed by atoms with E-state index in [1.807, 2.05) is 19.1 Å². The molecule has 0 saturated carbocycles. The molecule has 0 aliphatic rings. The van der Waals surface area contributed by atoms with Gasteiger partial charge >= 0.3 is 0 Å². The second-order valence-corrected chi connectivity index (χ2v) is 2.52. The molecule has 66 valence electrons. The molecule has 0 saturated heterocycles. The lowest BCUT2D eigenvalue weighted by Gasteiger charge is -2.04. The van der Waals surface area contributed by atoms with Gasteiger partial charge < -0.3 is 4.74 Å². The van der Waals surface area contributed by atoms with E-state index in [2.05, 4.69) is 0 Å². The Bertz CT molecular complexity index is 231. The van der Waals surface area contributed by atoms with E-state index in [1.54, 1.807) is 12.1 Å². The van der Waals surface area contributed by atoms with Crippen LogP contribution in [0.3, 0.4) is 0 Å². The minimum atomic E-state index is -2.41. The molecular formula is C9H10F2O. The summed E-state index contributed by atoms with van der Waals surface area (Å²) in [5.74, 6) is 0.487. The molecule has 0 aliphatic heterocycles. The van der Waals surface area contributed by atoms with Crippen LogP contribution in [0.2, 0.25) is 0 Å². The highest BCUT2D eigenvalue weighted by Gasteiger charge is 2.02. The summed E-state index contributed by atoms with van der Waals surface area (Å²) >= 11 is 0. The first-order chi connectivity index (χ1) is 5.68. The Labute approximate surface area is 70.0 Å². The van der Waals surface area contributed by atoms with Gasteiger partial charge in [0, 0.05) is 0 Å². The van der Waals surface area contributed by atoms with Crippen LogP contribution in [0.4, 0.5) is 8.78 Å². The normalized spacial score (nSPS) is 10.3. The van der Waals surface area contributed by atoms with E-state index in [9.17, 15) is 8.78 Å². The number of hydrogen-bond acceptors (Lipinski definition) is 1. The molecule has 3 heteroatoms. The molecule has 0 amide bonds. The Morgan fingerprint density at radius 2 is 1.83 bits per heavy atom. The van der Waals surface area contributed by atoms with Crippen molar-refractivity contribution in [2.45, 2.75) is 13.3 Å². The lowest BCUT2D eigenvalue weighted by molar-refractivity contribution is 0.0819. The molecule has 1 aromatic carbocycles. The van der Waals surface area contributed by atoms with E-state index in [1.165, 1.54) is 0 Å². The van der Waals surface area contributed by atoms with Crippen molar-refractivity contribution in [3.63, 3.8) is 0 Å². The zero-order valence-electron chi connectivity index (χ0n) is 6.76. The van der Waals surface area contributed by atoms with Gasteiger partial charge in [0.2, 0.25) is 0 Å². The van der Waals surface area contributed by atoms with Crippen molar-refractivity contribution >= 4 is 0 Å². The first kappa shape index (κ1) is 8.97. The number of benzene rings is 1. The van der Waals surface area contributed by atoms with Gasteiger partial charge in [-0.15, -0.1) is 0 Å². The van der Waals surface area contributed by atoms with Crippen molar-refractivity contribution in [3.8, 4) is 5.75 Å². The number of hydrogen-bond donors (Lipinski definition) is 0. The first-order valence-corrected chi connectivity index (χ1v) is 3.66. The molecular weight excluding hydrogens is 162 g/mol. The van der Waals surface area contributed by atoms with Gasteiger partial charge in [0.1, 0.15) is 12.4 Å². The Kier molecular flexibility index (Phi) is 3.02.